The van der Waals surface area contributed by atoms with Crippen molar-refractivity contribution in [3.8, 4) is 11.5 Å². The molecule has 1 amide bonds. The van der Waals surface area contributed by atoms with E-state index in [4.69, 9.17) is 9.47 Å². The Balaban J connectivity index is 1.42. The second kappa shape index (κ2) is 5.88. The molecule has 1 N–H and O–H groups in total. The van der Waals surface area contributed by atoms with Gasteiger partial charge >= 0.3 is 0 Å². The zero-order chi connectivity index (χ0) is 16.5. The molecule has 0 radical (unpaired) electrons. The number of hydrogen-bond acceptors (Lipinski definition) is 4. The summed E-state index contributed by atoms with van der Waals surface area (Å²) in [6, 6.07) is 9.63. The average molecular weight is 323 g/mol. The van der Waals surface area contributed by atoms with Gasteiger partial charge in [0.2, 0.25) is 12.7 Å². The molecule has 3 heterocycles. The first-order valence-corrected chi connectivity index (χ1v) is 7.77. The van der Waals surface area contributed by atoms with Crippen LogP contribution < -0.4 is 14.8 Å². The van der Waals surface area contributed by atoms with Gasteiger partial charge in [-0.15, -0.1) is 0 Å². The lowest BCUT2D eigenvalue weighted by atomic mass is 10.2. The van der Waals surface area contributed by atoms with E-state index in [2.05, 4.69) is 10.3 Å². The van der Waals surface area contributed by atoms with E-state index in [0.717, 1.165) is 34.0 Å². The normalized spacial score (nSPS) is 12.5. The number of nitrogens with zero attached hydrogens (tertiary/aromatic N) is 2. The van der Waals surface area contributed by atoms with Crippen LogP contribution in [0.2, 0.25) is 0 Å². The topological polar surface area (TPSA) is 64.9 Å². The molecule has 24 heavy (non-hydrogen) atoms. The molecule has 0 aliphatic carbocycles. The molecular weight excluding hydrogens is 306 g/mol. The summed E-state index contributed by atoms with van der Waals surface area (Å²) in [7, 11) is 0. The van der Waals surface area contributed by atoms with Gasteiger partial charge in [0.1, 0.15) is 5.65 Å². The van der Waals surface area contributed by atoms with Crippen molar-refractivity contribution in [2.45, 2.75) is 19.9 Å². The van der Waals surface area contributed by atoms with E-state index in [9.17, 15) is 4.79 Å². The number of nitrogens with one attached hydrogen (secondary N) is 1. The van der Waals surface area contributed by atoms with Crippen LogP contribution in [-0.4, -0.2) is 22.1 Å². The molecule has 0 unspecified atom stereocenters. The van der Waals surface area contributed by atoms with Gasteiger partial charge < -0.3 is 19.2 Å². The van der Waals surface area contributed by atoms with Gasteiger partial charge in [0.05, 0.1) is 12.1 Å². The molecule has 0 saturated carbocycles. The number of imidazole rings is 1. The van der Waals surface area contributed by atoms with Crippen LogP contribution in [0.25, 0.3) is 5.65 Å². The zero-order valence-electron chi connectivity index (χ0n) is 13.3. The maximum atomic E-state index is 12.2. The summed E-state index contributed by atoms with van der Waals surface area (Å²) in [5.41, 5.74) is 3.82. The second-order valence-corrected chi connectivity index (χ2v) is 5.78. The number of aromatic nitrogens is 2. The Hall–Kier alpha value is -3.02. The SMILES string of the molecule is Cc1cccn2c(CC(=O)NCc3ccc4c(c3)OCO4)cnc12. The highest BCUT2D eigenvalue weighted by Gasteiger charge is 2.14. The number of carbonyl (C=O) groups is 1. The highest BCUT2D eigenvalue weighted by molar-refractivity contribution is 5.78. The summed E-state index contributed by atoms with van der Waals surface area (Å²) in [6.45, 7) is 2.70. The Morgan fingerprint density at radius 3 is 3.08 bits per heavy atom. The average Bonchev–Trinajstić information content (AvgIpc) is 3.20. The van der Waals surface area contributed by atoms with Gasteiger partial charge in [0, 0.05) is 18.9 Å². The molecule has 2 aromatic heterocycles. The fraction of sp³-hybridized carbons (Fsp3) is 0.222. The van der Waals surface area contributed by atoms with Crippen LogP contribution in [0, 0.1) is 6.92 Å². The maximum absolute atomic E-state index is 12.2. The fourth-order valence-corrected chi connectivity index (χ4v) is 2.81. The van der Waals surface area contributed by atoms with Crippen LogP contribution in [0.15, 0.2) is 42.7 Å². The molecule has 6 heteroatoms. The maximum Gasteiger partial charge on any atom is 0.231 e. The Morgan fingerprint density at radius 1 is 1.29 bits per heavy atom. The molecule has 0 saturated heterocycles. The third-order valence-corrected chi connectivity index (χ3v) is 4.08. The predicted octanol–water partition coefficient (Wildman–Crippen LogP) is 2.23. The molecule has 0 fully saturated rings. The van der Waals surface area contributed by atoms with E-state index >= 15 is 0 Å². The Bertz CT molecular complexity index is 917. The highest BCUT2D eigenvalue weighted by Crippen LogP contribution is 2.32. The van der Waals surface area contributed by atoms with E-state index in [-0.39, 0.29) is 19.1 Å². The molecule has 1 aliphatic rings. The third kappa shape index (κ3) is 2.67. The van der Waals surface area contributed by atoms with Crippen LogP contribution in [0.4, 0.5) is 0 Å². The van der Waals surface area contributed by atoms with E-state index in [1.54, 1.807) is 6.20 Å². The summed E-state index contributed by atoms with van der Waals surface area (Å²) in [6.07, 6.45) is 3.97. The molecule has 0 spiro atoms. The van der Waals surface area contributed by atoms with Crippen LogP contribution >= 0.6 is 0 Å². The highest BCUT2D eigenvalue weighted by atomic mass is 16.7. The van der Waals surface area contributed by atoms with Crippen LogP contribution in [0.5, 0.6) is 11.5 Å². The van der Waals surface area contributed by atoms with E-state index < -0.39 is 0 Å². The summed E-state index contributed by atoms with van der Waals surface area (Å²) in [5.74, 6) is 1.42. The molecular formula is C18H17N3O3. The lowest BCUT2D eigenvalue weighted by Crippen LogP contribution is -2.25. The first-order chi connectivity index (χ1) is 11.7. The first kappa shape index (κ1) is 14.6. The van der Waals surface area contributed by atoms with Gasteiger partial charge in [0.15, 0.2) is 11.5 Å². The molecule has 6 nitrogen and oxygen atoms in total. The minimum Gasteiger partial charge on any atom is -0.454 e. The largest absolute Gasteiger partial charge is 0.454 e. The molecule has 122 valence electrons. The molecule has 0 bridgehead atoms. The van der Waals surface area contributed by atoms with Crippen molar-refractivity contribution in [2.24, 2.45) is 0 Å². The molecule has 1 aliphatic heterocycles. The number of benzene rings is 1. The summed E-state index contributed by atoms with van der Waals surface area (Å²) >= 11 is 0. The number of aryl methyl sites for hydroxylation is 1. The van der Waals surface area contributed by atoms with Crippen molar-refractivity contribution in [2.75, 3.05) is 6.79 Å². The van der Waals surface area contributed by atoms with Crippen molar-refractivity contribution >= 4 is 11.6 Å². The van der Waals surface area contributed by atoms with Crippen molar-refractivity contribution < 1.29 is 14.3 Å². The first-order valence-electron chi connectivity index (χ1n) is 7.77. The molecule has 4 rings (SSSR count). The number of fused-ring (bicyclic) bond motifs is 2. The summed E-state index contributed by atoms with van der Waals surface area (Å²) < 4.78 is 12.6. The van der Waals surface area contributed by atoms with Crippen LogP contribution in [0.3, 0.4) is 0 Å². The van der Waals surface area contributed by atoms with E-state index in [1.165, 1.54) is 0 Å². The van der Waals surface area contributed by atoms with Gasteiger partial charge in [-0.05, 0) is 36.2 Å². The second-order valence-electron chi connectivity index (χ2n) is 5.78. The minimum atomic E-state index is -0.0454. The Labute approximate surface area is 139 Å². The standard InChI is InChI=1S/C18H17N3O3/c1-12-3-2-6-21-14(10-20-18(12)21)8-17(22)19-9-13-4-5-15-16(7-13)24-11-23-15/h2-7,10H,8-9,11H2,1H3,(H,19,22). The zero-order valence-corrected chi connectivity index (χ0v) is 13.3. The monoisotopic (exact) mass is 323 g/mol. The number of hydrogen-bond donors (Lipinski definition) is 1. The van der Waals surface area contributed by atoms with Gasteiger partial charge in [-0.3, -0.25) is 4.79 Å². The smallest absolute Gasteiger partial charge is 0.231 e. The predicted molar refractivity (Wildman–Crippen MR) is 88.0 cm³/mol. The quantitative estimate of drug-likeness (QED) is 0.800. The summed E-state index contributed by atoms with van der Waals surface area (Å²) in [5, 5.41) is 2.93. The summed E-state index contributed by atoms with van der Waals surface area (Å²) in [4.78, 5) is 16.6. The Kier molecular flexibility index (Phi) is 3.57. The van der Waals surface area contributed by atoms with Crippen molar-refractivity contribution in [3.63, 3.8) is 0 Å². The van der Waals surface area contributed by atoms with Gasteiger partial charge in [-0.1, -0.05) is 12.1 Å². The van der Waals surface area contributed by atoms with Crippen molar-refractivity contribution in [1.82, 2.24) is 14.7 Å². The van der Waals surface area contributed by atoms with Gasteiger partial charge in [-0.2, -0.15) is 0 Å². The van der Waals surface area contributed by atoms with Gasteiger partial charge in [-0.25, -0.2) is 4.98 Å². The fourth-order valence-electron chi connectivity index (χ4n) is 2.81. The molecule has 3 aromatic rings. The molecule has 0 atom stereocenters. The van der Waals surface area contributed by atoms with Gasteiger partial charge in [0.25, 0.3) is 0 Å². The molecule has 1 aromatic carbocycles. The van der Waals surface area contributed by atoms with Crippen LogP contribution in [-0.2, 0) is 17.8 Å². The lowest BCUT2D eigenvalue weighted by Gasteiger charge is -2.07. The van der Waals surface area contributed by atoms with E-state index in [0.29, 0.717) is 6.54 Å². The third-order valence-electron chi connectivity index (χ3n) is 4.08. The Morgan fingerprint density at radius 2 is 2.17 bits per heavy atom. The van der Waals surface area contributed by atoms with Crippen LogP contribution in [0.1, 0.15) is 16.8 Å². The lowest BCUT2D eigenvalue weighted by molar-refractivity contribution is -0.120. The van der Waals surface area contributed by atoms with E-state index in [1.807, 2.05) is 47.9 Å². The number of amides is 1. The number of ether oxygens (including phenoxy) is 2. The minimum absolute atomic E-state index is 0.0454. The number of carbonyl (C=O) groups excluding carboxylic acids is 1. The van der Waals surface area contributed by atoms with Crippen molar-refractivity contribution in [3.05, 3.63) is 59.5 Å². The number of rotatable bonds is 4. The van der Waals surface area contributed by atoms with Crippen molar-refractivity contribution in [1.29, 1.82) is 0 Å². The number of pyridine rings is 1.